The molecule has 0 aliphatic rings. The second-order valence-corrected chi connectivity index (χ2v) is 5.62. The summed E-state index contributed by atoms with van der Waals surface area (Å²) >= 11 is 0. The number of alkyl halides is 3. The third kappa shape index (κ3) is 6.63. The van der Waals surface area contributed by atoms with Crippen molar-refractivity contribution in [1.29, 1.82) is 0 Å². The zero-order chi connectivity index (χ0) is 14.5. The lowest BCUT2D eigenvalue weighted by molar-refractivity contribution is -0.913. The minimum atomic E-state index is -4.13. The molecule has 0 saturated carbocycles. The quantitative estimate of drug-likeness (QED) is 0.602. The Bertz CT molecular complexity index is 383. The van der Waals surface area contributed by atoms with Gasteiger partial charge in [-0.3, -0.25) is 0 Å². The second kappa shape index (κ2) is 6.43. The molecular weight excluding hydrogens is 255 g/mol. The number of unbranched alkanes of at least 4 members (excludes halogenated alkanes) is 1. The standard InChI is InChI=1S/C13H23F3N3/c1-19(2,11-13(14,15)16)10-12-5-8-18(9-12)7-4-3-6-17/h5,8-9H,3-4,6-7,10-11,17H2,1-2H3/q+1. The van der Waals surface area contributed by atoms with Crippen molar-refractivity contribution in [3.63, 3.8) is 0 Å². The van der Waals surface area contributed by atoms with Crippen LogP contribution in [-0.2, 0) is 13.1 Å². The molecule has 0 aromatic carbocycles. The zero-order valence-electron chi connectivity index (χ0n) is 11.6. The largest absolute Gasteiger partial charge is 0.438 e. The van der Waals surface area contributed by atoms with Gasteiger partial charge in [-0.2, -0.15) is 13.2 Å². The molecule has 2 N–H and O–H groups in total. The fourth-order valence-corrected chi connectivity index (χ4v) is 2.20. The van der Waals surface area contributed by atoms with E-state index in [1.165, 1.54) is 0 Å². The molecule has 1 aromatic rings. The van der Waals surface area contributed by atoms with Crippen molar-refractivity contribution in [3.8, 4) is 0 Å². The summed E-state index contributed by atoms with van der Waals surface area (Å²) in [6.07, 6.45) is 1.66. The summed E-state index contributed by atoms with van der Waals surface area (Å²) in [6.45, 7) is 1.10. The lowest BCUT2D eigenvalue weighted by atomic mass is 10.3. The molecule has 0 atom stereocenters. The van der Waals surface area contributed by atoms with Crippen LogP contribution in [0.4, 0.5) is 13.2 Å². The van der Waals surface area contributed by atoms with E-state index in [2.05, 4.69) is 0 Å². The summed E-state index contributed by atoms with van der Waals surface area (Å²) in [4.78, 5) is 0. The summed E-state index contributed by atoms with van der Waals surface area (Å²) in [5.74, 6) is 0. The summed E-state index contributed by atoms with van der Waals surface area (Å²) in [5, 5.41) is 0. The Hall–Kier alpha value is -1.01. The van der Waals surface area contributed by atoms with Crippen LogP contribution in [-0.4, -0.2) is 42.4 Å². The van der Waals surface area contributed by atoms with Crippen molar-refractivity contribution in [2.75, 3.05) is 27.2 Å². The predicted molar refractivity (Wildman–Crippen MR) is 69.5 cm³/mol. The van der Waals surface area contributed by atoms with Gasteiger partial charge in [-0.25, -0.2) is 0 Å². The van der Waals surface area contributed by atoms with Crippen molar-refractivity contribution in [3.05, 3.63) is 24.0 Å². The molecule has 0 saturated heterocycles. The van der Waals surface area contributed by atoms with Crippen LogP contribution in [0.1, 0.15) is 18.4 Å². The molecule has 1 heterocycles. The van der Waals surface area contributed by atoms with Crippen LogP contribution in [0.15, 0.2) is 18.5 Å². The molecule has 0 radical (unpaired) electrons. The van der Waals surface area contributed by atoms with Gasteiger partial charge in [-0.15, -0.1) is 0 Å². The number of rotatable bonds is 7. The van der Waals surface area contributed by atoms with Crippen LogP contribution in [0, 0.1) is 0 Å². The Balaban J connectivity index is 2.52. The summed E-state index contributed by atoms with van der Waals surface area (Å²) in [7, 11) is 3.19. The van der Waals surface area contributed by atoms with Gasteiger partial charge in [-0.1, -0.05) is 0 Å². The zero-order valence-corrected chi connectivity index (χ0v) is 11.6. The Morgan fingerprint density at radius 3 is 2.53 bits per heavy atom. The first-order valence-corrected chi connectivity index (χ1v) is 6.45. The van der Waals surface area contributed by atoms with E-state index >= 15 is 0 Å². The topological polar surface area (TPSA) is 30.9 Å². The van der Waals surface area contributed by atoms with E-state index in [1.54, 1.807) is 14.1 Å². The van der Waals surface area contributed by atoms with Crippen molar-refractivity contribution in [2.24, 2.45) is 5.73 Å². The van der Waals surface area contributed by atoms with Gasteiger partial charge in [0.15, 0.2) is 6.54 Å². The summed E-state index contributed by atoms with van der Waals surface area (Å²) in [5.41, 5.74) is 6.35. The molecule has 0 fully saturated rings. The highest BCUT2D eigenvalue weighted by atomic mass is 19.4. The van der Waals surface area contributed by atoms with E-state index in [4.69, 9.17) is 5.73 Å². The number of nitrogens with two attached hydrogens (primary N) is 1. The van der Waals surface area contributed by atoms with Gasteiger partial charge >= 0.3 is 6.18 Å². The third-order valence-corrected chi connectivity index (χ3v) is 2.90. The van der Waals surface area contributed by atoms with E-state index in [-0.39, 0.29) is 4.48 Å². The summed E-state index contributed by atoms with van der Waals surface area (Å²) < 4.78 is 39.2. The summed E-state index contributed by atoms with van der Waals surface area (Å²) in [6, 6.07) is 1.89. The first-order chi connectivity index (χ1) is 8.72. The number of hydrogen-bond acceptors (Lipinski definition) is 1. The maximum absolute atomic E-state index is 12.4. The van der Waals surface area contributed by atoms with Crippen molar-refractivity contribution < 1.29 is 17.7 Å². The molecule has 0 spiro atoms. The van der Waals surface area contributed by atoms with Gasteiger partial charge in [0.1, 0.15) is 6.54 Å². The number of aromatic nitrogens is 1. The maximum Gasteiger partial charge on any atom is 0.438 e. The molecular formula is C13H23F3N3+. The molecule has 0 aliphatic heterocycles. The van der Waals surface area contributed by atoms with Gasteiger partial charge < -0.3 is 14.8 Å². The number of nitrogens with zero attached hydrogens (tertiary/aromatic N) is 2. The fourth-order valence-electron chi connectivity index (χ4n) is 2.20. The van der Waals surface area contributed by atoms with Gasteiger partial charge in [-0.05, 0) is 25.5 Å². The minimum absolute atomic E-state index is 0.0870. The average molecular weight is 278 g/mol. The first kappa shape index (κ1) is 16.0. The Morgan fingerprint density at radius 1 is 1.26 bits per heavy atom. The monoisotopic (exact) mass is 278 g/mol. The third-order valence-electron chi connectivity index (χ3n) is 2.90. The molecule has 0 aliphatic carbocycles. The van der Waals surface area contributed by atoms with E-state index in [0.717, 1.165) is 24.9 Å². The van der Waals surface area contributed by atoms with E-state index in [1.807, 2.05) is 23.0 Å². The molecule has 3 nitrogen and oxygen atoms in total. The molecule has 1 rings (SSSR count). The maximum atomic E-state index is 12.4. The van der Waals surface area contributed by atoms with Crippen LogP contribution in [0.3, 0.4) is 0 Å². The molecule has 0 bridgehead atoms. The molecule has 110 valence electrons. The minimum Gasteiger partial charge on any atom is -0.354 e. The van der Waals surface area contributed by atoms with Gasteiger partial charge in [0.05, 0.1) is 14.1 Å². The van der Waals surface area contributed by atoms with Gasteiger partial charge in [0, 0.05) is 24.5 Å². The predicted octanol–water partition coefficient (Wildman–Crippen LogP) is 2.37. The number of aryl methyl sites for hydroxylation is 1. The van der Waals surface area contributed by atoms with Crippen LogP contribution in [0.2, 0.25) is 0 Å². The Kier molecular flexibility index (Phi) is 5.43. The number of halogens is 3. The Labute approximate surface area is 112 Å². The second-order valence-electron chi connectivity index (χ2n) is 5.62. The van der Waals surface area contributed by atoms with Crippen LogP contribution < -0.4 is 5.73 Å². The van der Waals surface area contributed by atoms with Gasteiger partial charge in [0.25, 0.3) is 0 Å². The normalized spacial score (nSPS) is 12.9. The van der Waals surface area contributed by atoms with Gasteiger partial charge in [0.2, 0.25) is 0 Å². The average Bonchev–Trinajstić information content (AvgIpc) is 2.61. The molecule has 0 unspecified atom stereocenters. The number of quaternary nitrogens is 1. The smallest absolute Gasteiger partial charge is 0.354 e. The van der Waals surface area contributed by atoms with Crippen LogP contribution in [0.5, 0.6) is 0 Å². The van der Waals surface area contributed by atoms with E-state index in [0.29, 0.717) is 13.1 Å². The van der Waals surface area contributed by atoms with E-state index < -0.39 is 12.7 Å². The molecule has 6 heteroatoms. The van der Waals surface area contributed by atoms with Crippen molar-refractivity contribution in [1.82, 2.24) is 4.57 Å². The highest BCUT2D eigenvalue weighted by Crippen LogP contribution is 2.21. The van der Waals surface area contributed by atoms with Crippen molar-refractivity contribution >= 4 is 0 Å². The highest BCUT2D eigenvalue weighted by Gasteiger charge is 2.37. The van der Waals surface area contributed by atoms with Crippen LogP contribution in [0.25, 0.3) is 0 Å². The molecule has 0 amide bonds. The number of hydrogen-bond donors (Lipinski definition) is 1. The first-order valence-electron chi connectivity index (χ1n) is 6.45. The SMILES string of the molecule is C[N+](C)(Cc1ccn(CCCCN)c1)CC(F)(F)F. The molecule has 19 heavy (non-hydrogen) atoms. The molecule has 1 aromatic heterocycles. The fraction of sp³-hybridized carbons (Fsp3) is 0.692. The lowest BCUT2D eigenvalue weighted by Crippen LogP contribution is -2.45. The van der Waals surface area contributed by atoms with Crippen molar-refractivity contribution in [2.45, 2.75) is 32.1 Å². The lowest BCUT2D eigenvalue weighted by Gasteiger charge is -2.30. The Morgan fingerprint density at radius 2 is 1.95 bits per heavy atom. The van der Waals surface area contributed by atoms with E-state index in [9.17, 15) is 13.2 Å². The highest BCUT2D eigenvalue weighted by molar-refractivity contribution is 5.08. The van der Waals surface area contributed by atoms with Crippen LogP contribution >= 0.6 is 0 Å².